The molecule has 1 aromatic heterocycles. The highest BCUT2D eigenvalue weighted by Gasteiger charge is 2.15. The van der Waals surface area contributed by atoms with Crippen LogP contribution in [0.4, 0.5) is 0 Å². The van der Waals surface area contributed by atoms with Crippen LogP contribution < -0.4 is 9.47 Å². The standard InChI is InChI=1S/C22H20N2O2/c1-14-21(15-6-9-19(25-2)10-7-15)22(24-23-14)18-5-4-17-13-20(26-3)11-8-16(17)12-18/h4-13H,1-3H3,(H,23,24). The number of H-pyrrole nitrogens is 1. The number of nitrogens with one attached hydrogen (secondary N) is 1. The topological polar surface area (TPSA) is 47.1 Å². The number of rotatable bonds is 4. The predicted molar refractivity (Wildman–Crippen MR) is 105 cm³/mol. The summed E-state index contributed by atoms with van der Waals surface area (Å²) < 4.78 is 10.6. The van der Waals surface area contributed by atoms with Crippen molar-refractivity contribution in [2.45, 2.75) is 6.92 Å². The van der Waals surface area contributed by atoms with E-state index in [2.05, 4.69) is 46.6 Å². The van der Waals surface area contributed by atoms with Gasteiger partial charge in [0.1, 0.15) is 17.2 Å². The highest BCUT2D eigenvalue weighted by Crippen LogP contribution is 2.35. The van der Waals surface area contributed by atoms with Crippen molar-refractivity contribution in [1.82, 2.24) is 10.2 Å². The van der Waals surface area contributed by atoms with Crippen molar-refractivity contribution in [2.75, 3.05) is 14.2 Å². The lowest BCUT2D eigenvalue weighted by atomic mass is 9.97. The third kappa shape index (κ3) is 2.80. The van der Waals surface area contributed by atoms with Gasteiger partial charge in [-0.3, -0.25) is 5.10 Å². The van der Waals surface area contributed by atoms with Gasteiger partial charge in [0.15, 0.2) is 0 Å². The fourth-order valence-corrected chi connectivity index (χ4v) is 3.25. The van der Waals surface area contributed by atoms with E-state index in [-0.39, 0.29) is 0 Å². The van der Waals surface area contributed by atoms with Crippen LogP contribution in [0.2, 0.25) is 0 Å². The molecule has 26 heavy (non-hydrogen) atoms. The van der Waals surface area contributed by atoms with Gasteiger partial charge in [0.2, 0.25) is 0 Å². The zero-order chi connectivity index (χ0) is 18.1. The van der Waals surface area contributed by atoms with E-state index in [1.807, 2.05) is 31.2 Å². The minimum atomic E-state index is 0.844. The Labute approximate surface area is 152 Å². The Balaban J connectivity index is 1.82. The van der Waals surface area contributed by atoms with Crippen LogP contribution in [0, 0.1) is 6.92 Å². The summed E-state index contributed by atoms with van der Waals surface area (Å²) in [7, 11) is 3.36. The van der Waals surface area contributed by atoms with Gasteiger partial charge < -0.3 is 9.47 Å². The minimum absolute atomic E-state index is 0.844. The van der Waals surface area contributed by atoms with Crippen LogP contribution in [0.5, 0.6) is 11.5 Å². The summed E-state index contributed by atoms with van der Waals surface area (Å²) in [5.74, 6) is 1.70. The van der Waals surface area contributed by atoms with Crippen molar-refractivity contribution in [3.8, 4) is 33.9 Å². The number of hydrogen-bond donors (Lipinski definition) is 1. The normalized spacial score (nSPS) is 10.9. The van der Waals surface area contributed by atoms with Gasteiger partial charge in [-0.2, -0.15) is 5.10 Å². The zero-order valence-electron chi connectivity index (χ0n) is 15.0. The molecule has 0 aliphatic rings. The van der Waals surface area contributed by atoms with E-state index in [1.54, 1.807) is 14.2 Å². The lowest BCUT2D eigenvalue weighted by Crippen LogP contribution is -1.87. The molecule has 130 valence electrons. The Bertz CT molecular complexity index is 1070. The van der Waals surface area contributed by atoms with Crippen LogP contribution >= 0.6 is 0 Å². The van der Waals surface area contributed by atoms with Crippen molar-refractivity contribution in [1.29, 1.82) is 0 Å². The van der Waals surface area contributed by atoms with Gasteiger partial charge in [-0.25, -0.2) is 0 Å². The Hall–Kier alpha value is -3.27. The number of aryl methyl sites for hydroxylation is 1. The van der Waals surface area contributed by atoms with Crippen molar-refractivity contribution < 1.29 is 9.47 Å². The maximum Gasteiger partial charge on any atom is 0.119 e. The van der Waals surface area contributed by atoms with Crippen LogP contribution in [0.25, 0.3) is 33.2 Å². The molecule has 0 unspecified atom stereocenters. The van der Waals surface area contributed by atoms with E-state index in [0.29, 0.717) is 0 Å². The molecule has 0 bridgehead atoms. The molecule has 1 heterocycles. The molecule has 3 aromatic carbocycles. The molecule has 0 saturated heterocycles. The predicted octanol–water partition coefficient (Wildman–Crippen LogP) is 5.22. The Kier molecular flexibility index (Phi) is 4.09. The number of ether oxygens (including phenoxy) is 2. The first-order chi connectivity index (χ1) is 12.7. The first-order valence-corrected chi connectivity index (χ1v) is 8.47. The fraction of sp³-hybridized carbons (Fsp3) is 0.136. The van der Waals surface area contributed by atoms with E-state index in [4.69, 9.17) is 9.47 Å². The van der Waals surface area contributed by atoms with E-state index >= 15 is 0 Å². The second kappa shape index (κ2) is 6.56. The molecule has 0 spiro atoms. The molecule has 4 nitrogen and oxygen atoms in total. The maximum atomic E-state index is 5.31. The average molecular weight is 344 g/mol. The van der Waals surface area contributed by atoms with Crippen LogP contribution in [-0.4, -0.2) is 24.4 Å². The van der Waals surface area contributed by atoms with Crippen molar-refractivity contribution >= 4 is 10.8 Å². The third-order valence-corrected chi connectivity index (χ3v) is 4.65. The van der Waals surface area contributed by atoms with Gasteiger partial charge in [-0.05, 0) is 53.6 Å². The number of aromatic nitrogens is 2. The third-order valence-electron chi connectivity index (χ3n) is 4.65. The average Bonchev–Trinajstić information content (AvgIpc) is 3.08. The second-order valence-electron chi connectivity index (χ2n) is 6.23. The van der Waals surface area contributed by atoms with E-state index in [9.17, 15) is 0 Å². The van der Waals surface area contributed by atoms with E-state index in [1.165, 1.54) is 0 Å². The highest BCUT2D eigenvalue weighted by molar-refractivity contribution is 5.91. The number of nitrogens with zero attached hydrogens (tertiary/aromatic N) is 1. The number of hydrogen-bond acceptors (Lipinski definition) is 3. The maximum absolute atomic E-state index is 5.31. The molecule has 0 amide bonds. The van der Waals surface area contributed by atoms with Crippen molar-refractivity contribution in [3.05, 3.63) is 66.4 Å². The number of fused-ring (bicyclic) bond motifs is 1. The summed E-state index contributed by atoms with van der Waals surface area (Å²) >= 11 is 0. The van der Waals surface area contributed by atoms with Crippen molar-refractivity contribution in [3.63, 3.8) is 0 Å². The molecule has 0 saturated carbocycles. The van der Waals surface area contributed by atoms with Gasteiger partial charge in [0.25, 0.3) is 0 Å². The summed E-state index contributed by atoms with van der Waals surface area (Å²) in [6.45, 7) is 2.04. The molecule has 4 heteroatoms. The van der Waals surface area contributed by atoms with E-state index in [0.717, 1.165) is 50.3 Å². The number of benzene rings is 3. The molecule has 0 aliphatic heterocycles. The number of aromatic amines is 1. The van der Waals surface area contributed by atoms with Gasteiger partial charge in [-0.15, -0.1) is 0 Å². The lowest BCUT2D eigenvalue weighted by Gasteiger charge is -2.08. The Morgan fingerprint density at radius 3 is 2.08 bits per heavy atom. The summed E-state index contributed by atoms with van der Waals surface area (Å²) in [6, 6.07) is 20.5. The first-order valence-electron chi connectivity index (χ1n) is 8.47. The molecule has 0 fully saturated rings. The SMILES string of the molecule is COc1ccc(-c2c(-c3ccc4cc(OC)ccc4c3)n[nH]c2C)cc1. The largest absolute Gasteiger partial charge is 0.497 e. The Morgan fingerprint density at radius 1 is 0.731 bits per heavy atom. The smallest absolute Gasteiger partial charge is 0.119 e. The van der Waals surface area contributed by atoms with Crippen molar-refractivity contribution in [2.24, 2.45) is 0 Å². The molecule has 1 N–H and O–H groups in total. The van der Waals surface area contributed by atoms with Gasteiger partial charge in [0.05, 0.1) is 14.2 Å². The van der Waals surface area contributed by atoms with E-state index < -0.39 is 0 Å². The summed E-state index contributed by atoms with van der Waals surface area (Å²) in [5.41, 5.74) is 5.30. The highest BCUT2D eigenvalue weighted by atomic mass is 16.5. The van der Waals surface area contributed by atoms with Crippen LogP contribution in [-0.2, 0) is 0 Å². The first kappa shape index (κ1) is 16.2. The quantitative estimate of drug-likeness (QED) is 0.552. The number of methoxy groups -OCH3 is 2. The molecule has 4 aromatic rings. The Morgan fingerprint density at radius 2 is 1.35 bits per heavy atom. The molecule has 4 rings (SSSR count). The van der Waals surface area contributed by atoms with Crippen LogP contribution in [0.3, 0.4) is 0 Å². The summed E-state index contributed by atoms with van der Waals surface area (Å²) in [5, 5.41) is 9.99. The zero-order valence-corrected chi connectivity index (χ0v) is 15.0. The molecule has 0 atom stereocenters. The molecule has 0 radical (unpaired) electrons. The van der Waals surface area contributed by atoms with Gasteiger partial charge in [-0.1, -0.05) is 30.3 Å². The van der Waals surface area contributed by atoms with Gasteiger partial charge >= 0.3 is 0 Å². The summed E-state index contributed by atoms with van der Waals surface area (Å²) in [4.78, 5) is 0. The monoisotopic (exact) mass is 344 g/mol. The fourth-order valence-electron chi connectivity index (χ4n) is 3.25. The van der Waals surface area contributed by atoms with Crippen LogP contribution in [0.1, 0.15) is 5.69 Å². The summed E-state index contributed by atoms with van der Waals surface area (Å²) in [6.07, 6.45) is 0. The van der Waals surface area contributed by atoms with Crippen LogP contribution in [0.15, 0.2) is 60.7 Å². The lowest BCUT2D eigenvalue weighted by molar-refractivity contribution is 0.415. The van der Waals surface area contributed by atoms with Gasteiger partial charge in [0, 0.05) is 16.8 Å². The molecular weight excluding hydrogens is 324 g/mol. The molecular formula is C22H20N2O2. The minimum Gasteiger partial charge on any atom is -0.497 e. The second-order valence-corrected chi connectivity index (χ2v) is 6.23. The molecule has 0 aliphatic carbocycles.